The molecule has 144 valence electrons. The largest absolute Gasteiger partial charge is 0.486 e. The molecule has 28 heavy (non-hydrogen) atoms. The molecule has 0 fully saturated rings. The molecule has 1 aliphatic heterocycles. The number of fused-ring (bicyclic) bond motifs is 1. The Balaban J connectivity index is 1.28. The van der Waals surface area contributed by atoms with Crippen LogP contribution in [0.25, 0.3) is 11.4 Å². The molecule has 4 rings (SSSR count). The van der Waals surface area contributed by atoms with Crippen LogP contribution in [-0.4, -0.2) is 45.9 Å². The van der Waals surface area contributed by atoms with Crippen LogP contribution >= 0.6 is 11.6 Å². The highest BCUT2D eigenvalue weighted by Gasteiger charge is 2.12. The molecule has 1 aromatic heterocycles. The Morgan fingerprint density at radius 1 is 1.14 bits per heavy atom. The van der Waals surface area contributed by atoms with E-state index in [0.717, 1.165) is 22.6 Å². The number of nitrogens with zero attached hydrogens (tertiary/aromatic N) is 4. The number of benzene rings is 2. The molecule has 0 atom stereocenters. The van der Waals surface area contributed by atoms with Crippen LogP contribution in [0.15, 0.2) is 42.5 Å². The smallest absolute Gasteiger partial charge is 0.243 e. The summed E-state index contributed by atoms with van der Waals surface area (Å²) in [5, 5.41) is 15.6. The molecular formula is C19H18ClN5O3. The second-order valence-electron chi connectivity index (χ2n) is 6.23. The van der Waals surface area contributed by atoms with Crippen molar-refractivity contribution in [3.63, 3.8) is 0 Å². The first-order valence-electron chi connectivity index (χ1n) is 8.86. The number of carbonyl (C=O) groups excluding carboxylic acids is 1. The van der Waals surface area contributed by atoms with E-state index in [1.165, 1.54) is 4.80 Å². The third kappa shape index (κ3) is 4.40. The minimum atomic E-state index is -0.187. The molecule has 2 heterocycles. The second kappa shape index (κ2) is 8.26. The average Bonchev–Trinajstić information content (AvgIpc) is 3.16. The molecule has 1 amide bonds. The summed E-state index contributed by atoms with van der Waals surface area (Å²) in [4.78, 5) is 13.4. The normalized spacial score (nSPS) is 12.6. The summed E-state index contributed by atoms with van der Waals surface area (Å²) in [6.45, 7) is 1.61. The van der Waals surface area contributed by atoms with Crippen LogP contribution in [-0.2, 0) is 17.8 Å². The predicted molar refractivity (Wildman–Crippen MR) is 102 cm³/mol. The van der Waals surface area contributed by atoms with Crippen molar-refractivity contribution in [2.45, 2.75) is 13.0 Å². The number of hydrogen-bond donors (Lipinski definition) is 1. The molecule has 8 nitrogen and oxygen atoms in total. The lowest BCUT2D eigenvalue weighted by atomic mass is 10.1. The number of carbonyl (C=O) groups is 1. The zero-order valence-corrected chi connectivity index (χ0v) is 15.7. The number of tetrazole rings is 1. The lowest BCUT2D eigenvalue weighted by molar-refractivity contribution is -0.122. The van der Waals surface area contributed by atoms with Crippen molar-refractivity contribution in [1.29, 1.82) is 0 Å². The minimum Gasteiger partial charge on any atom is -0.486 e. The fourth-order valence-electron chi connectivity index (χ4n) is 2.83. The molecule has 0 bridgehead atoms. The van der Waals surface area contributed by atoms with Crippen molar-refractivity contribution >= 4 is 17.5 Å². The van der Waals surface area contributed by atoms with E-state index in [0.29, 0.717) is 37.0 Å². The summed E-state index contributed by atoms with van der Waals surface area (Å²) >= 11 is 5.97. The van der Waals surface area contributed by atoms with Crippen molar-refractivity contribution in [1.82, 2.24) is 25.5 Å². The molecule has 0 saturated carbocycles. The van der Waals surface area contributed by atoms with Crippen molar-refractivity contribution < 1.29 is 14.3 Å². The zero-order valence-electron chi connectivity index (χ0n) is 15.0. The van der Waals surface area contributed by atoms with Gasteiger partial charge in [0.05, 0.1) is 0 Å². The van der Waals surface area contributed by atoms with Gasteiger partial charge in [0.15, 0.2) is 11.5 Å². The maximum atomic E-state index is 12.1. The zero-order chi connectivity index (χ0) is 19.3. The fourth-order valence-corrected chi connectivity index (χ4v) is 3.02. The third-order valence-electron chi connectivity index (χ3n) is 4.16. The highest BCUT2D eigenvalue weighted by atomic mass is 35.5. The summed E-state index contributed by atoms with van der Waals surface area (Å²) < 4.78 is 11.1. The average molecular weight is 400 g/mol. The summed E-state index contributed by atoms with van der Waals surface area (Å²) in [7, 11) is 0. The predicted octanol–water partition coefficient (Wildman–Crippen LogP) is 2.12. The van der Waals surface area contributed by atoms with Gasteiger partial charge in [-0.15, -0.1) is 10.2 Å². The van der Waals surface area contributed by atoms with Gasteiger partial charge in [0.1, 0.15) is 19.8 Å². The van der Waals surface area contributed by atoms with Gasteiger partial charge in [-0.05, 0) is 41.5 Å². The van der Waals surface area contributed by atoms with E-state index in [9.17, 15) is 4.79 Å². The minimum absolute atomic E-state index is 0.00525. The number of hydrogen-bond acceptors (Lipinski definition) is 6. The summed E-state index contributed by atoms with van der Waals surface area (Å²) in [6.07, 6.45) is 0.681. The van der Waals surface area contributed by atoms with Crippen molar-refractivity contribution in [2.75, 3.05) is 19.8 Å². The summed E-state index contributed by atoms with van der Waals surface area (Å²) in [6, 6.07) is 13.0. The van der Waals surface area contributed by atoms with E-state index in [1.54, 1.807) is 12.1 Å². The van der Waals surface area contributed by atoms with Crippen LogP contribution in [0.3, 0.4) is 0 Å². The molecule has 2 aromatic carbocycles. The van der Waals surface area contributed by atoms with Crippen molar-refractivity contribution in [3.8, 4) is 22.9 Å². The number of nitrogens with one attached hydrogen (secondary N) is 1. The second-order valence-corrected chi connectivity index (χ2v) is 6.67. The monoisotopic (exact) mass is 399 g/mol. The molecular weight excluding hydrogens is 382 g/mol. The van der Waals surface area contributed by atoms with E-state index < -0.39 is 0 Å². The molecule has 1 N–H and O–H groups in total. The highest BCUT2D eigenvalue weighted by Crippen LogP contribution is 2.30. The number of aromatic nitrogens is 4. The van der Waals surface area contributed by atoms with Crippen LogP contribution in [0.4, 0.5) is 0 Å². The van der Waals surface area contributed by atoms with Crippen LogP contribution in [0.5, 0.6) is 11.5 Å². The molecule has 0 aliphatic carbocycles. The van der Waals surface area contributed by atoms with Crippen molar-refractivity contribution in [2.24, 2.45) is 0 Å². The first-order valence-corrected chi connectivity index (χ1v) is 9.24. The Kier molecular flexibility index (Phi) is 5.38. The molecule has 3 aromatic rings. The lowest BCUT2D eigenvalue weighted by Gasteiger charge is -2.18. The molecule has 9 heteroatoms. The number of ether oxygens (including phenoxy) is 2. The Morgan fingerprint density at radius 3 is 2.86 bits per heavy atom. The first kappa shape index (κ1) is 18.2. The van der Waals surface area contributed by atoms with Gasteiger partial charge in [-0.25, -0.2) is 0 Å². The number of halogens is 1. The molecule has 0 radical (unpaired) electrons. The Hall–Kier alpha value is -3.13. The molecule has 0 unspecified atom stereocenters. The van der Waals surface area contributed by atoms with E-state index in [-0.39, 0.29) is 12.5 Å². The van der Waals surface area contributed by atoms with E-state index in [4.69, 9.17) is 21.1 Å². The van der Waals surface area contributed by atoms with Crippen molar-refractivity contribution in [3.05, 3.63) is 53.1 Å². The number of amides is 1. The van der Waals surface area contributed by atoms with Crippen LogP contribution in [0.1, 0.15) is 5.56 Å². The standard InChI is InChI=1S/C19H18ClN5O3/c20-15-3-1-2-14(11-15)19-22-24-25(23-19)12-18(26)21-7-6-13-4-5-16-17(10-13)28-9-8-27-16/h1-5,10-11H,6-9,12H2,(H,21,26). The first-order chi connectivity index (χ1) is 13.7. The molecule has 0 saturated heterocycles. The van der Waals surface area contributed by atoms with Gasteiger partial charge < -0.3 is 14.8 Å². The highest BCUT2D eigenvalue weighted by molar-refractivity contribution is 6.30. The Morgan fingerprint density at radius 2 is 2.00 bits per heavy atom. The fraction of sp³-hybridized carbons (Fsp3) is 0.263. The Labute approximate surface area is 166 Å². The molecule has 0 spiro atoms. The number of rotatable bonds is 6. The maximum absolute atomic E-state index is 12.1. The summed E-state index contributed by atoms with van der Waals surface area (Å²) in [5.74, 6) is 1.74. The van der Waals surface area contributed by atoms with Gasteiger partial charge in [-0.1, -0.05) is 29.8 Å². The van der Waals surface area contributed by atoms with Crippen LogP contribution in [0, 0.1) is 0 Å². The van der Waals surface area contributed by atoms with Gasteiger partial charge in [0.25, 0.3) is 0 Å². The summed E-state index contributed by atoms with van der Waals surface area (Å²) in [5.41, 5.74) is 1.81. The van der Waals surface area contributed by atoms with Crippen LogP contribution < -0.4 is 14.8 Å². The van der Waals surface area contributed by atoms with Gasteiger partial charge in [-0.3, -0.25) is 4.79 Å². The Bertz CT molecular complexity index is 991. The maximum Gasteiger partial charge on any atom is 0.243 e. The van der Waals surface area contributed by atoms with Gasteiger partial charge in [0.2, 0.25) is 11.7 Å². The van der Waals surface area contributed by atoms with E-state index >= 15 is 0 Å². The SMILES string of the molecule is O=C(Cn1nnc(-c2cccc(Cl)c2)n1)NCCc1ccc2c(c1)OCCO2. The van der Waals surface area contributed by atoms with Gasteiger partial charge in [0, 0.05) is 17.1 Å². The topological polar surface area (TPSA) is 91.2 Å². The van der Waals surface area contributed by atoms with E-state index in [1.807, 2.05) is 30.3 Å². The van der Waals surface area contributed by atoms with E-state index in [2.05, 4.69) is 20.7 Å². The van der Waals surface area contributed by atoms with Crippen LogP contribution in [0.2, 0.25) is 5.02 Å². The van der Waals surface area contributed by atoms with Gasteiger partial charge >= 0.3 is 0 Å². The van der Waals surface area contributed by atoms with Gasteiger partial charge in [-0.2, -0.15) is 4.80 Å². The lowest BCUT2D eigenvalue weighted by Crippen LogP contribution is -2.30. The quantitative estimate of drug-likeness (QED) is 0.682. The third-order valence-corrected chi connectivity index (χ3v) is 4.40. The molecule has 1 aliphatic rings.